The fraction of sp³-hybridized carbons (Fsp3) is 0.250. The second-order valence-corrected chi connectivity index (χ2v) is 7.45. The molecule has 0 saturated carbocycles. The maximum atomic E-state index is 11.7. The molecule has 0 amide bonds. The first kappa shape index (κ1) is 10.3. The van der Waals surface area contributed by atoms with Gasteiger partial charge in [-0.2, -0.15) is 0 Å². The Labute approximate surface area is 85.4 Å². The molecule has 0 fully saturated rings. The van der Waals surface area contributed by atoms with Gasteiger partial charge in [-0.1, -0.05) is 35.0 Å². The Morgan fingerprint density at radius 1 is 1.58 bits per heavy atom. The summed E-state index contributed by atoms with van der Waals surface area (Å²) in [6.07, 6.45) is 0.491. The van der Waals surface area contributed by atoms with Crippen LogP contribution in [-0.4, -0.2) is 6.16 Å². The minimum atomic E-state index is -2.61. The molecule has 0 aliphatic rings. The predicted octanol–water partition coefficient (Wildman–Crippen LogP) is 3.61. The molecule has 0 aliphatic heterocycles. The third-order valence-electron chi connectivity index (χ3n) is 1.60. The zero-order valence-electron chi connectivity index (χ0n) is 6.63. The molecule has 0 bridgehead atoms. The zero-order chi connectivity index (χ0) is 9.19. The topological polar surface area (TPSA) is 17.1 Å². The molecule has 4 heteroatoms. The lowest BCUT2D eigenvalue weighted by Crippen LogP contribution is -2.01. The van der Waals surface area contributed by atoms with Crippen LogP contribution in [0.5, 0.6) is 0 Å². The number of hydrogen-bond acceptors (Lipinski definition) is 1. The first-order chi connectivity index (χ1) is 5.56. The highest BCUT2D eigenvalue weighted by Crippen LogP contribution is 2.49. The summed E-state index contributed by atoms with van der Waals surface area (Å²) in [5.41, 5.74) is 0. The van der Waals surface area contributed by atoms with E-state index in [2.05, 4.69) is 15.9 Å². The molecule has 0 aromatic heterocycles. The minimum absolute atomic E-state index is 0.491. The SMILES string of the molecule is CCP(=O)(Cl)c1cccc(Br)c1. The smallest absolute Gasteiger partial charge is 0.197 e. The molecule has 0 radical (unpaired) electrons. The van der Waals surface area contributed by atoms with Gasteiger partial charge in [-0.05, 0) is 23.4 Å². The summed E-state index contributed by atoms with van der Waals surface area (Å²) in [7, 11) is 0. The molecule has 1 rings (SSSR count). The number of rotatable bonds is 2. The van der Waals surface area contributed by atoms with Gasteiger partial charge >= 0.3 is 0 Å². The highest BCUT2D eigenvalue weighted by atomic mass is 79.9. The lowest BCUT2D eigenvalue weighted by atomic mass is 10.4. The third kappa shape index (κ3) is 2.35. The summed E-state index contributed by atoms with van der Waals surface area (Å²) in [6, 6.07) is 7.32. The molecule has 1 aromatic carbocycles. The molecule has 66 valence electrons. The van der Waals surface area contributed by atoms with Crippen molar-refractivity contribution in [2.24, 2.45) is 0 Å². The number of hydrogen-bond donors (Lipinski definition) is 0. The molecule has 12 heavy (non-hydrogen) atoms. The van der Waals surface area contributed by atoms with E-state index >= 15 is 0 Å². The van der Waals surface area contributed by atoms with E-state index in [0.29, 0.717) is 6.16 Å². The van der Waals surface area contributed by atoms with Gasteiger partial charge in [0.15, 0.2) is 6.49 Å². The van der Waals surface area contributed by atoms with Gasteiger partial charge in [-0.15, -0.1) is 0 Å². The van der Waals surface area contributed by atoms with Gasteiger partial charge in [0.25, 0.3) is 0 Å². The second-order valence-electron chi connectivity index (χ2n) is 2.45. The molecular formula is C8H9BrClOP. The van der Waals surface area contributed by atoms with Crippen LogP contribution >= 0.6 is 33.7 Å². The summed E-state index contributed by atoms with van der Waals surface area (Å²) in [5.74, 6) is 0. The van der Waals surface area contributed by atoms with Crippen molar-refractivity contribution in [3.63, 3.8) is 0 Å². The van der Waals surface area contributed by atoms with E-state index in [1.165, 1.54) is 0 Å². The highest BCUT2D eigenvalue weighted by molar-refractivity contribution is 9.10. The third-order valence-corrected chi connectivity index (χ3v) is 5.26. The first-order valence-electron chi connectivity index (χ1n) is 3.61. The molecular weight excluding hydrogens is 258 g/mol. The van der Waals surface area contributed by atoms with Crippen LogP contribution in [0.25, 0.3) is 0 Å². The molecule has 0 saturated heterocycles. The van der Waals surface area contributed by atoms with Gasteiger partial charge in [0.2, 0.25) is 0 Å². The van der Waals surface area contributed by atoms with E-state index in [-0.39, 0.29) is 0 Å². The van der Waals surface area contributed by atoms with Crippen molar-refractivity contribution in [3.8, 4) is 0 Å². The van der Waals surface area contributed by atoms with Crippen LogP contribution in [0.1, 0.15) is 6.92 Å². The van der Waals surface area contributed by atoms with Crippen LogP contribution in [0.3, 0.4) is 0 Å². The normalized spacial score (nSPS) is 15.6. The lowest BCUT2D eigenvalue weighted by Gasteiger charge is -2.07. The van der Waals surface area contributed by atoms with Crippen molar-refractivity contribution in [1.82, 2.24) is 0 Å². The van der Waals surface area contributed by atoms with Crippen molar-refractivity contribution in [2.45, 2.75) is 6.92 Å². The quantitative estimate of drug-likeness (QED) is 0.748. The largest absolute Gasteiger partial charge is 0.302 e. The molecule has 0 aliphatic carbocycles. The fourth-order valence-corrected chi connectivity index (χ4v) is 2.76. The van der Waals surface area contributed by atoms with Crippen LogP contribution in [0, 0.1) is 0 Å². The molecule has 1 nitrogen and oxygen atoms in total. The van der Waals surface area contributed by atoms with Crippen molar-refractivity contribution < 1.29 is 4.57 Å². The maximum Gasteiger partial charge on any atom is 0.197 e. The van der Waals surface area contributed by atoms with Gasteiger partial charge in [-0.3, -0.25) is 0 Å². The maximum absolute atomic E-state index is 11.7. The van der Waals surface area contributed by atoms with E-state index in [1.807, 2.05) is 19.1 Å². The average Bonchev–Trinajstić information content (AvgIpc) is 2.05. The van der Waals surface area contributed by atoms with Crippen LogP contribution in [0.15, 0.2) is 28.7 Å². The monoisotopic (exact) mass is 266 g/mol. The Morgan fingerprint density at radius 3 is 2.75 bits per heavy atom. The van der Waals surface area contributed by atoms with Crippen molar-refractivity contribution >= 4 is 39.0 Å². The van der Waals surface area contributed by atoms with Gasteiger partial charge in [-0.25, -0.2) is 0 Å². The summed E-state index contributed by atoms with van der Waals surface area (Å²) in [5, 5.41) is 0.723. The summed E-state index contributed by atoms with van der Waals surface area (Å²) < 4.78 is 12.6. The Bertz CT molecular complexity index is 327. The van der Waals surface area contributed by atoms with Crippen molar-refractivity contribution in [1.29, 1.82) is 0 Å². The van der Waals surface area contributed by atoms with Crippen LogP contribution < -0.4 is 5.30 Å². The second kappa shape index (κ2) is 3.95. The summed E-state index contributed by atoms with van der Waals surface area (Å²) in [4.78, 5) is 0. The van der Waals surface area contributed by atoms with Crippen LogP contribution in [0.2, 0.25) is 0 Å². The van der Waals surface area contributed by atoms with Gasteiger partial charge < -0.3 is 4.57 Å². The van der Waals surface area contributed by atoms with Crippen molar-refractivity contribution in [2.75, 3.05) is 6.16 Å². The van der Waals surface area contributed by atoms with Gasteiger partial charge in [0, 0.05) is 15.9 Å². The van der Waals surface area contributed by atoms with E-state index < -0.39 is 6.49 Å². The zero-order valence-corrected chi connectivity index (χ0v) is 9.86. The minimum Gasteiger partial charge on any atom is -0.302 e. The Balaban J connectivity index is 3.12. The summed E-state index contributed by atoms with van der Waals surface area (Å²) in [6.45, 7) is -0.782. The molecule has 0 heterocycles. The van der Waals surface area contributed by atoms with E-state index in [9.17, 15) is 4.57 Å². The molecule has 1 aromatic rings. The first-order valence-corrected chi connectivity index (χ1v) is 7.20. The van der Waals surface area contributed by atoms with Crippen molar-refractivity contribution in [3.05, 3.63) is 28.7 Å². The number of benzene rings is 1. The van der Waals surface area contributed by atoms with Crippen LogP contribution in [0.4, 0.5) is 0 Å². The van der Waals surface area contributed by atoms with E-state index in [0.717, 1.165) is 9.78 Å². The predicted molar refractivity (Wildman–Crippen MR) is 57.8 cm³/mol. The Hall–Kier alpha value is 0.220. The average molecular weight is 267 g/mol. The molecule has 1 atom stereocenters. The highest BCUT2D eigenvalue weighted by Gasteiger charge is 2.18. The Morgan fingerprint density at radius 2 is 2.25 bits per heavy atom. The van der Waals surface area contributed by atoms with Crippen LogP contribution in [-0.2, 0) is 4.57 Å². The number of halogens is 2. The van der Waals surface area contributed by atoms with Gasteiger partial charge in [0.1, 0.15) is 0 Å². The van der Waals surface area contributed by atoms with E-state index in [4.69, 9.17) is 11.2 Å². The van der Waals surface area contributed by atoms with E-state index in [1.54, 1.807) is 12.1 Å². The standard InChI is InChI=1S/C8H9BrClOP/c1-2-12(10,11)8-5-3-4-7(9)6-8/h3-6H,2H2,1H3. The molecule has 1 unspecified atom stereocenters. The Kier molecular flexibility index (Phi) is 3.39. The molecule has 0 N–H and O–H groups in total. The fourth-order valence-electron chi connectivity index (χ4n) is 0.866. The molecule has 0 spiro atoms. The van der Waals surface area contributed by atoms with Gasteiger partial charge in [0.05, 0.1) is 0 Å². The lowest BCUT2D eigenvalue weighted by molar-refractivity contribution is 0.590. The summed E-state index contributed by atoms with van der Waals surface area (Å²) >= 11 is 9.16.